The molecule has 0 aromatic heterocycles. The summed E-state index contributed by atoms with van der Waals surface area (Å²) >= 11 is 0. The van der Waals surface area contributed by atoms with Crippen LogP contribution in [0.5, 0.6) is 0 Å². The molecule has 0 bridgehead atoms. The van der Waals surface area contributed by atoms with E-state index in [2.05, 4.69) is 38.3 Å². The maximum absolute atomic E-state index is 13.0. The van der Waals surface area contributed by atoms with Gasteiger partial charge >= 0.3 is 0 Å². The zero-order chi connectivity index (χ0) is 20.5. The maximum atomic E-state index is 13.0. The van der Waals surface area contributed by atoms with Crippen molar-refractivity contribution in [2.45, 2.75) is 39.9 Å². The van der Waals surface area contributed by atoms with Gasteiger partial charge in [0.1, 0.15) is 0 Å². The van der Waals surface area contributed by atoms with Crippen molar-refractivity contribution in [3.63, 3.8) is 0 Å². The van der Waals surface area contributed by atoms with Crippen LogP contribution in [0.3, 0.4) is 0 Å². The molecule has 4 heteroatoms. The lowest BCUT2D eigenvalue weighted by Gasteiger charge is -2.25. The fourth-order valence-electron chi connectivity index (χ4n) is 3.16. The summed E-state index contributed by atoms with van der Waals surface area (Å²) < 4.78 is 0. The van der Waals surface area contributed by atoms with Gasteiger partial charge in [0.25, 0.3) is 5.91 Å². The number of hydrogen-bond donors (Lipinski definition) is 0. The first-order valence-corrected chi connectivity index (χ1v) is 9.70. The molecule has 0 aliphatic heterocycles. The molecule has 0 aliphatic carbocycles. The van der Waals surface area contributed by atoms with E-state index in [-0.39, 0.29) is 5.91 Å². The summed E-state index contributed by atoms with van der Waals surface area (Å²) in [7, 11) is 0. The molecule has 0 saturated carbocycles. The normalized spacial score (nSPS) is 10.7. The molecule has 0 fully saturated rings. The lowest BCUT2D eigenvalue weighted by molar-refractivity contribution is 0.0762. The summed E-state index contributed by atoms with van der Waals surface area (Å²) in [6, 6.07) is 17.8. The lowest BCUT2D eigenvalue weighted by Crippen LogP contribution is -2.31. The Hall–Kier alpha value is -2.90. The summed E-state index contributed by atoms with van der Waals surface area (Å²) in [6.07, 6.45) is 1.72. The Morgan fingerprint density at radius 2 is 1.86 bits per heavy atom. The third-order valence-electron chi connectivity index (χ3n) is 4.79. The highest BCUT2D eigenvalue weighted by atomic mass is 16.2. The van der Waals surface area contributed by atoms with Crippen LogP contribution in [0.15, 0.2) is 61.2 Å². The molecule has 0 radical (unpaired) electrons. The van der Waals surface area contributed by atoms with Gasteiger partial charge in [-0.3, -0.25) is 9.69 Å². The summed E-state index contributed by atoms with van der Waals surface area (Å²) in [5, 5.41) is 9.08. The van der Waals surface area contributed by atoms with Crippen LogP contribution in [0, 0.1) is 11.3 Å². The molecule has 2 aromatic carbocycles. The smallest absolute Gasteiger partial charge is 0.254 e. The fraction of sp³-hybridized carbons (Fsp3) is 0.333. The first-order valence-electron chi connectivity index (χ1n) is 9.70. The Morgan fingerprint density at radius 3 is 2.43 bits per heavy atom. The van der Waals surface area contributed by atoms with Gasteiger partial charge in [0.15, 0.2) is 0 Å². The third-order valence-corrected chi connectivity index (χ3v) is 4.79. The Bertz CT molecular complexity index is 834. The number of nitriles is 1. The molecule has 0 atom stereocenters. The van der Waals surface area contributed by atoms with E-state index >= 15 is 0 Å². The van der Waals surface area contributed by atoms with Gasteiger partial charge in [0, 0.05) is 31.2 Å². The quantitative estimate of drug-likeness (QED) is 0.601. The number of amides is 1. The average Bonchev–Trinajstić information content (AvgIpc) is 2.71. The molecule has 0 spiro atoms. The van der Waals surface area contributed by atoms with E-state index in [1.807, 2.05) is 42.5 Å². The van der Waals surface area contributed by atoms with Crippen LogP contribution in [-0.2, 0) is 13.1 Å². The van der Waals surface area contributed by atoms with Crippen LogP contribution in [0.4, 0.5) is 0 Å². The van der Waals surface area contributed by atoms with E-state index < -0.39 is 0 Å². The molecule has 4 nitrogen and oxygen atoms in total. The van der Waals surface area contributed by atoms with Gasteiger partial charge in [0.2, 0.25) is 0 Å². The van der Waals surface area contributed by atoms with E-state index in [1.165, 1.54) is 5.56 Å². The lowest BCUT2D eigenvalue weighted by atomic mass is 10.1. The largest absolute Gasteiger partial charge is 0.331 e. The van der Waals surface area contributed by atoms with E-state index in [9.17, 15) is 4.79 Å². The molecule has 1 amide bonds. The Balaban J connectivity index is 2.14. The zero-order valence-corrected chi connectivity index (χ0v) is 17.1. The minimum Gasteiger partial charge on any atom is -0.331 e. The second-order valence-corrected chi connectivity index (χ2v) is 7.14. The number of carbonyl (C=O) groups excluding carboxylic acids is 1. The average molecular weight is 376 g/mol. The van der Waals surface area contributed by atoms with Crippen LogP contribution in [-0.4, -0.2) is 34.8 Å². The third kappa shape index (κ3) is 5.80. The highest BCUT2D eigenvalue weighted by Crippen LogP contribution is 2.14. The molecule has 146 valence electrons. The van der Waals surface area contributed by atoms with E-state index in [4.69, 9.17) is 5.26 Å². The van der Waals surface area contributed by atoms with Crippen molar-refractivity contribution in [3.05, 3.63) is 83.4 Å². The topological polar surface area (TPSA) is 47.3 Å². The SMILES string of the molecule is C=CCN(Cc1cccc(C#N)c1)C(=O)c1ccc(CN(CC)C(C)C)cc1. The zero-order valence-electron chi connectivity index (χ0n) is 17.1. The van der Waals surface area contributed by atoms with Crippen molar-refractivity contribution in [1.29, 1.82) is 5.26 Å². The van der Waals surface area contributed by atoms with Gasteiger partial charge < -0.3 is 4.90 Å². The predicted molar refractivity (Wildman–Crippen MR) is 114 cm³/mol. The monoisotopic (exact) mass is 375 g/mol. The molecular weight excluding hydrogens is 346 g/mol. The van der Waals surface area contributed by atoms with Crippen LogP contribution in [0.1, 0.15) is 47.8 Å². The fourth-order valence-corrected chi connectivity index (χ4v) is 3.16. The van der Waals surface area contributed by atoms with Crippen molar-refractivity contribution < 1.29 is 4.79 Å². The first kappa shape index (κ1) is 21.4. The Labute approximate surface area is 168 Å². The highest BCUT2D eigenvalue weighted by Gasteiger charge is 2.16. The summed E-state index contributed by atoms with van der Waals surface area (Å²) in [4.78, 5) is 17.1. The molecule has 28 heavy (non-hydrogen) atoms. The molecule has 2 aromatic rings. The van der Waals surface area contributed by atoms with Gasteiger partial charge in [-0.25, -0.2) is 0 Å². The van der Waals surface area contributed by atoms with Crippen molar-refractivity contribution in [1.82, 2.24) is 9.80 Å². The highest BCUT2D eigenvalue weighted by molar-refractivity contribution is 5.94. The van der Waals surface area contributed by atoms with Crippen molar-refractivity contribution >= 4 is 5.91 Å². The molecule has 0 unspecified atom stereocenters. The van der Waals surface area contributed by atoms with E-state index in [0.29, 0.717) is 30.3 Å². The number of hydrogen-bond acceptors (Lipinski definition) is 3. The van der Waals surface area contributed by atoms with Gasteiger partial charge in [0.05, 0.1) is 11.6 Å². The number of nitrogens with zero attached hydrogens (tertiary/aromatic N) is 3. The van der Waals surface area contributed by atoms with Crippen molar-refractivity contribution in [2.24, 2.45) is 0 Å². The molecular formula is C24H29N3O. The standard InChI is InChI=1S/C24H29N3O/c1-5-14-27(18-22-9-7-8-21(15-22)16-25)24(28)23-12-10-20(11-13-23)17-26(6-2)19(3)4/h5,7-13,15,19H,1,6,14,17-18H2,2-4H3. The van der Waals surface area contributed by atoms with Crippen molar-refractivity contribution in [2.75, 3.05) is 13.1 Å². The van der Waals surface area contributed by atoms with Crippen LogP contribution in [0.25, 0.3) is 0 Å². The van der Waals surface area contributed by atoms with E-state index in [0.717, 1.165) is 18.7 Å². The Morgan fingerprint density at radius 1 is 1.14 bits per heavy atom. The van der Waals surface area contributed by atoms with Gasteiger partial charge in [-0.2, -0.15) is 5.26 Å². The predicted octanol–water partition coefficient (Wildman–Crippen LogP) is 4.62. The maximum Gasteiger partial charge on any atom is 0.254 e. The number of carbonyl (C=O) groups is 1. The molecule has 0 saturated heterocycles. The van der Waals surface area contributed by atoms with Crippen molar-refractivity contribution in [3.8, 4) is 6.07 Å². The van der Waals surface area contributed by atoms with Crippen LogP contribution < -0.4 is 0 Å². The van der Waals surface area contributed by atoms with E-state index in [1.54, 1.807) is 17.0 Å². The minimum atomic E-state index is -0.0370. The van der Waals surface area contributed by atoms with Gasteiger partial charge in [-0.1, -0.05) is 37.3 Å². The second-order valence-electron chi connectivity index (χ2n) is 7.14. The van der Waals surface area contributed by atoms with Crippen LogP contribution >= 0.6 is 0 Å². The summed E-state index contributed by atoms with van der Waals surface area (Å²) in [5.74, 6) is -0.0370. The number of benzene rings is 2. The van der Waals surface area contributed by atoms with Gasteiger partial charge in [-0.05, 0) is 55.8 Å². The van der Waals surface area contributed by atoms with Crippen LogP contribution in [0.2, 0.25) is 0 Å². The summed E-state index contributed by atoms with van der Waals surface area (Å²) in [5.41, 5.74) is 3.39. The molecule has 2 rings (SSSR count). The number of rotatable bonds is 9. The second kappa shape index (κ2) is 10.4. The minimum absolute atomic E-state index is 0.0370. The Kier molecular flexibility index (Phi) is 7.98. The molecule has 0 N–H and O–H groups in total. The van der Waals surface area contributed by atoms with Gasteiger partial charge in [-0.15, -0.1) is 6.58 Å². The first-order chi connectivity index (χ1) is 13.5. The molecule has 0 heterocycles. The molecule has 0 aliphatic rings. The summed E-state index contributed by atoms with van der Waals surface area (Å²) in [6.45, 7) is 13.1.